The van der Waals surface area contributed by atoms with Crippen molar-refractivity contribution in [1.82, 2.24) is 10.2 Å². The number of carbonyl (C=O) groups excluding carboxylic acids is 2. The van der Waals surface area contributed by atoms with Crippen LogP contribution in [0.4, 0.5) is 0 Å². The van der Waals surface area contributed by atoms with E-state index >= 15 is 0 Å². The molecule has 3 rings (SSSR count). The van der Waals surface area contributed by atoms with E-state index in [-0.39, 0.29) is 12.1 Å². The van der Waals surface area contributed by atoms with Gasteiger partial charge < -0.3 is 19.6 Å². The van der Waals surface area contributed by atoms with E-state index in [0.29, 0.717) is 22.4 Å². The number of carboxylic acids is 1. The van der Waals surface area contributed by atoms with Crippen LogP contribution in [0.5, 0.6) is 0 Å². The maximum Gasteiger partial charge on any atom is 0.352 e. The number of hydrogen-bond donors (Lipinski definition) is 2. The molecule has 1 aromatic rings. The predicted molar refractivity (Wildman–Crippen MR) is 91.8 cm³/mol. The van der Waals surface area contributed by atoms with Gasteiger partial charge >= 0.3 is 5.97 Å². The SMILES string of the molecule is COC1(NC(=O)Cc2ccco2)C(=O)N2C(C(=O)O)=C(CBr)CS[C@H]21. The van der Waals surface area contributed by atoms with Crippen LogP contribution in [0.3, 0.4) is 0 Å². The van der Waals surface area contributed by atoms with E-state index in [9.17, 15) is 19.5 Å². The summed E-state index contributed by atoms with van der Waals surface area (Å²) in [5, 5.41) is 11.8. The van der Waals surface area contributed by atoms with Gasteiger partial charge in [-0.2, -0.15) is 0 Å². The van der Waals surface area contributed by atoms with Gasteiger partial charge in [0.1, 0.15) is 16.8 Å². The Balaban J connectivity index is 1.82. The molecule has 2 aliphatic heterocycles. The predicted octanol–water partition coefficient (Wildman–Crippen LogP) is 0.930. The maximum absolute atomic E-state index is 12.7. The fraction of sp³-hybridized carbons (Fsp3) is 0.400. The van der Waals surface area contributed by atoms with Crippen molar-refractivity contribution in [1.29, 1.82) is 0 Å². The average molecular weight is 431 g/mol. The molecule has 1 saturated heterocycles. The number of rotatable bonds is 6. The third-order valence-corrected chi connectivity index (χ3v) is 6.09. The third kappa shape index (κ3) is 2.87. The van der Waals surface area contributed by atoms with E-state index < -0.39 is 28.9 Å². The van der Waals surface area contributed by atoms with Crippen LogP contribution in [0, 0.1) is 0 Å². The number of thioether (sulfide) groups is 1. The van der Waals surface area contributed by atoms with Crippen LogP contribution in [0.1, 0.15) is 5.76 Å². The number of carboxylic acid groups (broad SMARTS) is 1. The summed E-state index contributed by atoms with van der Waals surface area (Å²) >= 11 is 4.59. The Labute approximate surface area is 155 Å². The van der Waals surface area contributed by atoms with Gasteiger partial charge in [0, 0.05) is 18.2 Å². The highest BCUT2D eigenvalue weighted by Crippen LogP contribution is 2.46. The molecule has 1 fully saturated rings. The lowest BCUT2D eigenvalue weighted by atomic mass is 9.98. The molecule has 3 heterocycles. The molecule has 0 saturated carbocycles. The van der Waals surface area contributed by atoms with Crippen LogP contribution in [0.25, 0.3) is 0 Å². The van der Waals surface area contributed by atoms with Gasteiger partial charge in [-0.3, -0.25) is 14.5 Å². The first-order valence-electron chi connectivity index (χ1n) is 7.29. The van der Waals surface area contributed by atoms with Crippen LogP contribution in [0.15, 0.2) is 34.1 Å². The van der Waals surface area contributed by atoms with Crippen LogP contribution < -0.4 is 5.32 Å². The van der Waals surface area contributed by atoms with Gasteiger partial charge in [0.25, 0.3) is 11.6 Å². The number of nitrogens with one attached hydrogen (secondary N) is 1. The molecule has 0 aromatic carbocycles. The summed E-state index contributed by atoms with van der Waals surface area (Å²) < 4.78 is 10.5. The molecule has 25 heavy (non-hydrogen) atoms. The Bertz CT molecular complexity index is 749. The number of carbonyl (C=O) groups is 3. The fourth-order valence-electron chi connectivity index (χ4n) is 2.87. The molecule has 0 spiro atoms. The summed E-state index contributed by atoms with van der Waals surface area (Å²) in [7, 11) is 1.31. The molecular weight excluding hydrogens is 416 g/mol. The summed E-state index contributed by atoms with van der Waals surface area (Å²) in [6.45, 7) is 0. The van der Waals surface area contributed by atoms with Crippen LogP contribution in [-0.4, -0.2) is 57.1 Å². The van der Waals surface area contributed by atoms with Crippen molar-refractivity contribution in [2.24, 2.45) is 0 Å². The highest BCUT2D eigenvalue weighted by atomic mass is 79.9. The van der Waals surface area contributed by atoms with Gasteiger partial charge in [0.05, 0.1) is 12.7 Å². The number of aliphatic carboxylic acids is 1. The fourth-order valence-corrected chi connectivity index (χ4v) is 5.03. The number of β-lactam (4-membered cyclic amide) rings is 1. The van der Waals surface area contributed by atoms with Crippen LogP contribution in [-0.2, 0) is 25.5 Å². The maximum atomic E-state index is 12.7. The molecule has 2 N–H and O–H groups in total. The number of furan rings is 1. The Morgan fingerprint density at radius 2 is 2.36 bits per heavy atom. The van der Waals surface area contributed by atoms with Crippen LogP contribution in [0.2, 0.25) is 0 Å². The van der Waals surface area contributed by atoms with Crippen molar-refractivity contribution < 1.29 is 28.6 Å². The van der Waals surface area contributed by atoms with Gasteiger partial charge in [-0.05, 0) is 17.7 Å². The highest BCUT2D eigenvalue weighted by Gasteiger charge is 2.66. The summed E-state index contributed by atoms with van der Waals surface area (Å²) in [4.78, 5) is 37.7. The molecule has 10 heteroatoms. The van der Waals surface area contributed by atoms with E-state index in [1.165, 1.54) is 30.0 Å². The van der Waals surface area contributed by atoms with Crippen molar-refractivity contribution in [2.75, 3.05) is 18.2 Å². The zero-order chi connectivity index (χ0) is 18.2. The minimum atomic E-state index is -1.58. The first-order valence-corrected chi connectivity index (χ1v) is 9.46. The van der Waals surface area contributed by atoms with Gasteiger partial charge in [0.2, 0.25) is 5.91 Å². The number of ether oxygens (including phenoxy) is 1. The Morgan fingerprint density at radius 3 is 2.92 bits per heavy atom. The molecule has 2 amide bonds. The van der Waals surface area contributed by atoms with Gasteiger partial charge in [-0.25, -0.2) is 4.79 Å². The smallest absolute Gasteiger partial charge is 0.352 e. The van der Waals surface area contributed by atoms with Crippen molar-refractivity contribution in [2.45, 2.75) is 17.5 Å². The molecule has 0 bridgehead atoms. The van der Waals surface area contributed by atoms with Crippen molar-refractivity contribution in [3.63, 3.8) is 0 Å². The molecule has 2 atom stereocenters. The molecule has 0 radical (unpaired) electrons. The normalized spacial score (nSPS) is 25.4. The Kier molecular flexibility index (Phi) is 4.94. The molecule has 8 nitrogen and oxygen atoms in total. The minimum Gasteiger partial charge on any atom is -0.477 e. The number of hydrogen-bond acceptors (Lipinski definition) is 6. The largest absolute Gasteiger partial charge is 0.477 e. The van der Waals surface area contributed by atoms with Gasteiger partial charge in [-0.15, -0.1) is 11.8 Å². The van der Waals surface area contributed by atoms with E-state index in [0.717, 1.165) is 0 Å². The second-order valence-electron chi connectivity index (χ2n) is 5.47. The number of amides is 2. The molecule has 2 aliphatic rings. The highest BCUT2D eigenvalue weighted by molar-refractivity contribution is 9.09. The topological polar surface area (TPSA) is 109 Å². The number of methoxy groups -OCH3 is 1. The Hall–Kier alpha value is -1.78. The van der Waals surface area contributed by atoms with Gasteiger partial charge in [0.15, 0.2) is 0 Å². The van der Waals surface area contributed by atoms with Crippen LogP contribution >= 0.6 is 27.7 Å². The van der Waals surface area contributed by atoms with Crippen molar-refractivity contribution in [3.05, 3.63) is 35.4 Å². The average Bonchev–Trinajstić information content (AvgIpc) is 3.10. The summed E-state index contributed by atoms with van der Waals surface area (Å²) in [6.07, 6.45) is 1.41. The van der Waals surface area contributed by atoms with Crippen molar-refractivity contribution >= 4 is 45.5 Å². The molecule has 1 aromatic heterocycles. The summed E-state index contributed by atoms with van der Waals surface area (Å²) in [5.41, 5.74) is -1.03. The lowest BCUT2D eigenvalue weighted by Crippen LogP contribution is -2.80. The summed E-state index contributed by atoms with van der Waals surface area (Å²) in [5.74, 6) is -1.36. The van der Waals surface area contributed by atoms with E-state index in [1.54, 1.807) is 12.1 Å². The second kappa shape index (κ2) is 6.85. The number of nitrogens with zero attached hydrogens (tertiary/aromatic N) is 1. The van der Waals surface area contributed by atoms with E-state index in [1.807, 2.05) is 0 Å². The van der Waals surface area contributed by atoms with E-state index in [2.05, 4.69) is 21.2 Å². The lowest BCUT2D eigenvalue weighted by molar-refractivity contribution is -0.192. The zero-order valence-corrected chi connectivity index (χ0v) is 15.6. The quantitative estimate of drug-likeness (QED) is 0.392. The first kappa shape index (κ1) is 18.0. The van der Waals surface area contributed by atoms with Gasteiger partial charge in [-0.1, -0.05) is 15.9 Å². The van der Waals surface area contributed by atoms with Crippen molar-refractivity contribution in [3.8, 4) is 0 Å². The molecule has 1 unspecified atom stereocenters. The summed E-state index contributed by atoms with van der Waals surface area (Å²) in [6, 6.07) is 3.31. The second-order valence-corrected chi connectivity index (χ2v) is 7.10. The first-order chi connectivity index (χ1) is 11.9. The number of alkyl halides is 1. The molecular formula is C15H15BrN2O6S. The minimum absolute atomic E-state index is 0.0446. The molecule has 0 aliphatic carbocycles. The monoisotopic (exact) mass is 430 g/mol. The lowest BCUT2D eigenvalue weighted by Gasteiger charge is -2.55. The zero-order valence-electron chi connectivity index (χ0n) is 13.2. The standard InChI is InChI=1S/C15H15BrN2O6S/c1-23-15(17-10(19)5-9-3-2-4-24-9)13(22)18-11(12(20)21)8(6-16)7-25-14(15)18/h2-4,14H,5-7H2,1H3,(H,17,19)(H,20,21)/t14-,15?/m0/s1. The molecule has 134 valence electrons. The van der Waals surface area contributed by atoms with E-state index in [4.69, 9.17) is 9.15 Å². The number of halogens is 1. The number of fused-ring (bicyclic) bond motifs is 1. The Morgan fingerprint density at radius 1 is 1.60 bits per heavy atom. The third-order valence-electron chi connectivity index (χ3n) is 4.04.